The molecule has 1 atom stereocenters. The number of aliphatic carboxylic acids is 1. The predicted molar refractivity (Wildman–Crippen MR) is 61.0 cm³/mol. The van der Waals surface area contributed by atoms with Crippen LogP contribution in [0.4, 0.5) is 0 Å². The number of para-hydroxylation sites is 1. The van der Waals surface area contributed by atoms with Crippen molar-refractivity contribution in [2.75, 3.05) is 0 Å². The van der Waals surface area contributed by atoms with Gasteiger partial charge in [0.1, 0.15) is 6.61 Å². The number of nitrogens with zero attached hydrogens (tertiary/aromatic N) is 4. The number of tetrazole rings is 1. The van der Waals surface area contributed by atoms with E-state index in [-0.39, 0.29) is 6.61 Å². The van der Waals surface area contributed by atoms with Gasteiger partial charge in [0.25, 0.3) is 0 Å². The Bertz CT molecular complexity index is 526. The first-order valence-electron chi connectivity index (χ1n) is 5.35. The second-order valence-electron chi connectivity index (χ2n) is 3.63. The molecule has 0 saturated heterocycles. The summed E-state index contributed by atoms with van der Waals surface area (Å²) in [6.45, 7) is 1.49. The van der Waals surface area contributed by atoms with Crippen molar-refractivity contribution in [3.63, 3.8) is 0 Å². The number of hydrogen-bond donors (Lipinski definition) is 1. The molecule has 0 bridgehead atoms. The highest BCUT2D eigenvalue weighted by Gasteiger charge is 2.14. The number of hydrogen-bond acceptors (Lipinski definition) is 5. The normalized spacial score (nSPS) is 12.3. The van der Waals surface area contributed by atoms with Gasteiger partial charge in [-0.1, -0.05) is 18.2 Å². The Morgan fingerprint density at radius 2 is 2.17 bits per heavy atom. The molecule has 18 heavy (non-hydrogen) atoms. The zero-order chi connectivity index (χ0) is 13.0. The molecule has 0 aliphatic rings. The van der Waals surface area contributed by atoms with Gasteiger partial charge in [0.15, 0.2) is 11.9 Å². The summed E-state index contributed by atoms with van der Waals surface area (Å²) in [7, 11) is 0. The van der Waals surface area contributed by atoms with E-state index in [0.717, 1.165) is 5.69 Å². The highest BCUT2D eigenvalue weighted by atomic mass is 16.5. The minimum atomic E-state index is -1.02. The Balaban J connectivity index is 2.12. The SMILES string of the molecule is CC(OCc1nnnn1-c1ccccc1)C(=O)O. The highest BCUT2D eigenvalue weighted by molar-refractivity contribution is 5.71. The van der Waals surface area contributed by atoms with Crippen LogP contribution in [0, 0.1) is 0 Å². The fraction of sp³-hybridized carbons (Fsp3) is 0.273. The van der Waals surface area contributed by atoms with Crippen LogP contribution in [0.15, 0.2) is 30.3 Å². The monoisotopic (exact) mass is 248 g/mol. The molecule has 1 aromatic carbocycles. The summed E-state index contributed by atoms with van der Waals surface area (Å²) < 4.78 is 6.66. The number of rotatable bonds is 5. The van der Waals surface area contributed by atoms with E-state index in [0.29, 0.717) is 5.82 Å². The summed E-state index contributed by atoms with van der Waals surface area (Å²) in [5.74, 6) is -0.567. The minimum absolute atomic E-state index is 0.0371. The molecule has 0 spiro atoms. The maximum atomic E-state index is 10.6. The average molecular weight is 248 g/mol. The Morgan fingerprint density at radius 3 is 2.83 bits per heavy atom. The van der Waals surface area contributed by atoms with Crippen LogP contribution in [-0.2, 0) is 16.1 Å². The summed E-state index contributed by atoms with van der Waals surface area (Å²) in [5.41, 5.74) is 0.795. The fourth-order valence-corrected chi connectivity index (χ4v) is 1.34. The van der Waals surface area contributed by atoms with Crippen LogP contribution in [0.5, 0.6) is 0 Å². The molecule has 0 radical (unpaired) electrons. The van der Waals surface area contributed by atoms with Crippen molar-refractivity contribution in [1.29, 1.82) is 0 Å². The van der Waals surface area contributed by atoms with Crippen LogP contribution < -0.4 is 0 Å². The summed E-state index contributed by atoms with van der Waals surface area (Å²) in [4.78, 5) is 10.6. The van der Waals surface area contributed by atoms with Gasteiger partial charge in [0.2, 0.25) is 0 Å². The summed E-state index contributed by atoms with van der Waals surface area (Å²) >= 11 is 0. The van der Waals surface area contributed by atoms with Gasteiger partial charge in [-0.15, -0.1) is 5.10 Å². The smallest absolute Gasteiger partial charge is 0.332 e. The molecule has 0 amide bonds. The van der Waals surface area contributed by atoms with Gasteiger partial charge in [-0.05, 0) is 29.5 Å². The second-order valence-corrected chi connectivity index (χ2v) is 3.63. The molecule has 1 aromatic heterocycles. The average Bonchev–Trinajstić information content (AvgIpc) is 2.85. The van der Waals surface area contributed by atoms with Crippen molar-refractivity contribution in [1.82, 2.24) is 20.2 Å². The Kier molecular flexibility index (Phi) is 3.63. The van der Waals surface area contributed by atoms with E-state index in [1.54, 1.807) is 0 Å². The predicted octanol–water partition coefficient (Wildman–Crippen LogP) is 0.652. The largest absolute Gasteiger partial charge is 0.479 e. The number of benzene rings is 1. The van der Waals surface area contributed by atoms with E-state index in [4.69, 9.17) is 9.84 Å². The molecule has 7 nitrogen and oxygen atoms in total. The molecular formula is C11H12N4O3. The van der Waals surface area contributed by atoms with E-state index < -0.39 is 12.1 Å². The van der Waals surface area contributed by atoms with Crippen molar-refractivity contribution in [3.8, 4) is 5.69 Å². The van der Waals surface area contributed by atoms with Crippen LogP contribution in [0.1, 0.15) is 12.7 Å². The van der Waals surface area contributed by atoms with Crippen LogP contribution in [0.25, 0.3) is 5.69 Å². The lowest BCUT2D eigenvalue weighted by molar-refractivity contribution is -0.150. The maximum Gasteiger partial charge on any atom is 0.332 e. The number of aromatic nitrogens is 4. The molecular weight excluding hydrogens is 236 g/mol. The molecule has 0 aliphatic carbocycles. The van der Waals surface area contributed by atoms with Crippen LogP contribution in [0.2, 0.25) is 0 Å². The summed E-state index contributed by atoms with van der Waals surface area (Å²) in [5, 5.41) is 19.9. The molecule has 2 rings (SSSR count). The Morgan fingerprint density at radius 1 is 1.44 bits per heavy atom. The molecule has 1 N–H and O–H groups in total. The summed E-state index contributed by atoms with van der Waals surface area (Å²) in [6, 6.07) is 9.31. The highest BCUT2D eigenvalue weighted by Crippen LogP contribution is 2.08. The van der Waals surface area contributed by atoms with Crippen LogP contribution in [-0.4, -0.2) is 37.4 Å². The lowest BCUT2D eigenvalue weighted by atomic mass is 10.3. The second kappa shape index (κ2) is 5.37. The molecule has 2 aromatic rings. The number of carbonyl (C=O) groups is 1. The first-order valence-corrected chi connectivity index (χ1v) is 5.35. The minimum Gasteiger partial charge on any atom is -0.479 e. The molecule has 1 heterocycles. The van der Waals surface area contributed by atoms with Gasteiger partial charge in [-0.2, -0.15) is 4.68 Å². The van der Waals surface area contributed by atoms with E-state index in [1.807, 2.05) is 30.3 Å². The van der Waals surface area contributed by atoms with E-state index >= 15 is 0 Å². The zero-order valence-corrected chi connectivity index (χ0v) is 9.72. The topological polar surface area (TPSA) is 90.1 Å². The first kappa shape index (κ1) is 12.2. The zero-order valence-electron chi connectivity index (χ0n) is 9.72. The number of ether oxygens (including phenoxy) is 1. The third-order valence-electron chi connectivity index (χ3n) is 2.35. The number of carboxylic acid groups (broad SMARTS) is 1. The Hall–Kier alpha value is -2.28. The van der Waals surface area contributed by atoms with Gasteiger partial charge in [0.05, 0.1) is 5.69 Å². The Labute approximate surface area is 103 Å². The molecule has 94 valence electrons. The fourth-order valence-electron chi connectivity index (χ4n) is 1.34. The molecule has 1 unspecified atom stereocenters. The van der Waals surface area contributed by atoms with Gasteiger partial charge in [0, 0.05) is 0 Å². The summed E-state index contributed by atoms with van der Waals surface area (Å²) in [6.07, 6.45) is -0.897. The van der Waals surface area contributed by atoms with Gasteiger partial charge >= 0.3 is 5.97 Å². The van der Waals surface area contributed by atoms with E-state index in [9.17, 15) is 4.79 Å². The molecule has 0 aliphatic heterocycles. The first-order chi connectivity index (χ1) is 8.68. The quantitative estimate of drug-likeness (QED) is 0.835. The molecule has 0 saturated carbocycles. The lowest BCUT2D eigenvalue weighted by Crippen LogP contribution is -2.20. The van der Waals surface area contributed by atoms with Crippen molar-refractivity contribution in [3.05, 3.63) is 36.2 Å². The van der Waals surface area contributed by atoms with Gasteiger partial charge in [-0.25, -0.2) is 4.79 Å². The van der Waals surface area contributed by atoms with E-state index in [2.05, 4.69) is 15.5 Å². The standard InChI is InChI=1S/C11H12N4O3/c1-8(11(16)17)18-7-10-12-13-14-15(10)9-5-3-2-4-6-9/h2-6,8H,7H2,1H3,(H,16,17). The molecule has 0 fully saturated rings. The third kappa shape index (κ3) is 2.69. The van der Waals surface area contributed by atoms with E-state index in [1.165, 1.54) is 11.6 Å². The molecule has 7 heteroatoms. The van der Waals surface area contributed by atoms with Crippen LogP contribution >= 0.6 is 0 Å². The van der Waals surface area contributed by atoms with Gasteiger partial charge in [-0.3, -0.25) is 0 Å². The lowest BCUT2D eigenvalue weighted by Gasteiger charge is -2.08. The van der Waals surface area contributed by atoms with Crippen molar-refractivity contribution >= 4 is 5.97 Å². The number of carboxylic acids is 1. The van der Waals surface area contributed by atoms with Crippen molar-refractivity contribution < 1.29 is 14.6 Å². The van der Waals surface area contributed by atoms with Gasteiger partial charge < -0.3 is 9.84 Å². The third-order valence-corrected chi connectivity index (χ3v) is 2.35. The maximum absolute atomic E-state index is 10.6. The van der Waals surface area contributed by atoms with Crippen molar-refractivity contribution in [2.24, 2.45) is 0 Å². The van der Waals surface area contributed by atoms with Crippen molar-refractivity contribution in [2.45, 2.75) is 19.6 Å². The van der Waals surface area contributed by atoms with Crippen LogP contribution in [0.3, 0.4) is 0 Å².